The monoisotopic (exact) mass is 203 g/mol. The van der Waals surface area contributed by atoms with Gasteiger partial charge in [-0.25, -0.2) is 0 Å². The lowest BCUT2D eigenvalue weighted by Gasteiger charge is -1.99. The molecule has 1 aliphatic rings. The maximum atomic E-state index is 10.5. The topological polar surface area (TPSA) is 52.3 Å². The van der Waals surface area contributed by atoms with Gasteiger partial charge in [-0.3, -0.25) is 4.79 Å². The number of hydrogen-bond donors (Lipinski definition) is 1. The Hall–Kier alpha value is -1.77. The van der Waals surface area contributed by atoms with Crippen molar-refractivity contribution >= 4 is 12.0 Å². The van der Waals surface area contributed by atoms with Gasteiger partial charge in [0.05, 0.1) is 6.61 Å². The number of primary amides is 1. The fourth-order valence-corrected chi connectivity index (χ4v) is 1.62. The van der Waals surface area contributed by atoms with Gasteiger partial charge in [0.2, 0.25) is 5.91 Å². The molecule has 0 aromatic heterocycles. The molecule has 2 N–H and O–H groups in total. The van der Waals surface area contributed by atoms with Crippen molar-refractivity contribution < 1.29 is 9.53 Å². The Morgan fingerprint density at radius 1 is 1.53 bits per heavy atom. The molecule has 1 aromatic carbocycles. The van der Waals surface area contributed by atoms with Crippen LogP contribution in [0, 0.1) is 0 Å². The van der Waals surface area contributed by atoms with Crippen molar-refractivity contribution in [2.24, 2.45) is 5.73 Å². The Morgan fingerprint density at radius 3 is 3.20 bits per heavy atom. The van der Waals surface area contributed by atoms with Crippen LogP contribution in [0.15, 0.2) is 24.3 Å². The number of carbonyl (C=O) groups excluding carboxylic acids is 1. The Labute approximate surface area is 88.5 Å². The molecule has 15 heavy (non-hydrogen) atoms. The average Bonchev–Trinajstić information content (AvgIpc) is 2.64. The molecule has 1 aliphatic heterocycles. The summed E-state index contributed by atoms with van der Waals surface area (Å²) in [5.74, 6) is 0.665. The highest BCUT2D eigenvalue weighted by molar-refractivity contribution is 5.76. The lowest BCUT2D eigenvalue weighted by atomic mass is 10.1. The molecular weight excluding hydrogens is 190 g/mol. The van der Waals surface area contributed by atoms with E-state index in [1.807, 2.05) is 18.2 Å². The summed E-state index contributed by atoms with van der Waals surface area (Å²) in [5, 5.41) is 0. The minimum atomic E-state index is -0.309. The van der Waals surface area contributed by atoms with Gasteiger partial charge in [-0.2, -0.15) is 0 Å². The zero-order valence-corrected chi connectivity index (χ0v) is 8.40. The summed E-state index contributed by atoms with van der Waals surface area (Å²) in [4.78, 5) is 10.5. The van der Waals surface area contributed by atoms with E-state index in [1.165, 1.54) is 5.56 Å². The number of hydrogen-bond acceptors (Lipinski definition) is 2. The van der Waals surface area contributed by atoms with Crippen LogP contribution in [-0.2, 0) is 11.2 Å². The fraction of sp³-hybridized carbons (Fsp3) is 0.250. The first kappa shape index (κ1) is 9.77. The van der Waals surface area contributed by atoms with E-state index in [0.29, 0.717) is 0 Å². The van der Waals surface area contributed by atoms with Crippen molar-refractivity contribution in [2.45, 2.75) is 12.8 Å². The van der Waals surface area contributed by atoms with Crippen molar-refractivity contribution in [3.63, 3.8) is 0 Å². The van der Waals surface area contributed by atoms with Crippen LogP contribution in [0.1, 0.15) is 17.5 Å². The molecule has 3 nitrogen and oxygen atoms in total. The Bertz CT molecular complexity index is 410. The van der Waals surface area contributed by atoms with E-state index in [9.17, 15) is 4.79 Å². The summed E-state index contributed by atoms with van der Waals surface area (Å²) in [6, 6.07) is 6.02. The lowest BCUT2D eigenvalue weighted by Crippen LogP contribution is -2.07. The number of rotatable bonds is 3. The van der Waals surface area contributed by atoms with E-state index in [0.717, 1.165) is 24.3 Å². The highest BCUT2D eigenvalue weighted by atomic mass is 16.5. The van der Waals surface area contributed by atoms with Gasteiger partial charge in [0.1, 0.15) is 5.75 Å². The van der Waals surface area contributed by atoms with Crippen LogP contribution in [-0.4, -0.2) is 12.5 Å². The van der Waals surface area contributed by atoms with Gasteiger partial charge in [0, 0.05) is 12.8 Å². The maximum absolute atomic E-state index is 10.5. The SMILES string of the molecule is NC(=O)CC=Cc1ccc2c(c1)CCO2. The molecule has 0 radical (unpaired) electrons. The minimum absolute atomic E-state index is 0.285. The average molecular weight is 203 g/mol. The number of nitrogens with two attached hydrogens (primary N) is 1. The van der Waals surface area contributed by atoms with Gasteiger partial charge in [-0.15, -0.1) is 0 Å². The summed E-state index contributed by atoms with van der Waals surface area (Å²) in [5.41, 5.74) is 7.35. The minimum Gasteiger partial charge on any atom is -0.493 e. The molecule has 0 fully saturated rings. The third kappa shape index (κ3) is 2.37. The molecule has 0 aliphatic carbocycles. The molecule has 2 rings (SSSR count). The van der Waals surface area contributed by atoms with Crippen LogP contribution < -0.4 is 10.5 Å². The molecular formula is C12H13NO2. The zero-order valence-electron chi connectivity index (χ0n) is 8.40. The van der Waals surface area contributed by atoms with E-state index in [-0.39, 0.29) is 12.3 Å². The van der Waals surface area contributed by atoms with E-state index < -0.39 is 0 Å². The molecule has 1 aromatic rings. The Morgan fingerprint density at radius 2 is 2.40 bits per heavy atom. The van der Waals surface area contributed by atoms with Gasteiger partial charge < -0.3 is 10.5 Å². The molecule has 0 unspecified atom stereocenters. The van der Waals surface area contributed by atoms with Crippen LogP contribution in [0.2, 0.25) is 0 Å². The van der Waals surface area contributed by atoms with Crippen molar-refractivity contribution in [3.05, 3.63) is 35.4 Å². The second-order valence-corrected chi connectivity index (χ2v) is 3.54. The van der Waals surface area contributed by atoms with Crippen LogP contribution >= 0.6 is 0 Å². The number of carbonyl (C=O) groups is 1. The molecule has 3 heteroatoms. The maximum Gasteiger partial charge on any atom is 0.221 e. The molecule has 0 bridgehead atoms. The predicted molar refractivity (Wildman–Crippen MR) is 58.5 cm³/mol. The molecule has 0 spiro atoms. The van der Waals surface area contributed by atoms with Gasteiger partial charge in [0.15, 0.2) is 0 Å². The van der Waals surface area contributed by atoms with Gasteiger partial charge >= 0.3 is 0 Å². The van der Waals surface area contributed by atoms with Crippen LogP contribution in [0.3, 0.4) is 0 Å². The zero-order chi connectivity index (χ0) is 10.7. The standard InChI is InChI=1S/C12H13NO2/c13-12(14)3-1-2-9-4-5-11-10(8-9)6-7-15-11/h1-2,4-5,8H,3,6-7H2,(H2,13,14). The first-order valence-corrected chi connectivity index (χ1v) is 4.96. The second kappa shape index (κ2) is 4.17. The van der Waals surface area contributed by atoms with Gasteiger partial charge in [-0.1, -0.05) is 18.2 Å². The fourth-order valence-electron chi connectivity index (χ4n) is 1.62. The van der Waals surface area contributed by atoms with E-state index >= 15 is 0 Å². The van der Waals surface area contributed by atoms with Crippen molar-refractivity contribution in [1.82, 2.24) is 0 Å². The van der Waals surface area contributed by atoms with Crippen molar-refractivity contribution in [1.29, 1.82) is 0 Å². The largest absolute Gasteiger partial charge is 0.493 e. The summed E-state index contributed by atoms with van der Waals surface area (Å²) < 4.78 is 5.40. The Balaban J connectivity index is 2.10. The first-order valence-electron chi connectivity index (χ1n) is 4.96. The quantitative estimate of drug-likeness (QED) is 0.809. The van der Waals surface area contributed by atoms with Gasteiger partial charge in [0.25, 0.3) is 0 Å². The van der Waals surface area contributed by atoms with Crippen molar-refractivity contribution in [3.8, 4) is 5.75 Å². The molecule has 78 valence electrons. The first-order chi connectivity index (χ1) is 7.25. The second-order valence-electron chi connectivity index (χ2n) is 3.54. The molecule has 0 saturated carbocycles. The van der Waals surface area contributed by atoms with Crippen LogP contribution in [0.25, 0.3) is 6.08 Å². The smallest absolute Gasteiger partial charge is 0.221 e. The molecule has 0 saturated heterocycles. The normalized spacial score (nSPS) is 13.9. The number of ether oxygens (including phenoxy) is 1. The summed E-state index contributed by atoms with van der Waals surface area (Å²) in [6.45, 7) is 0.768. The van der Waals surface area contributed by atoms with Crippen LogP contribution in [0.4, 0.5) is 0 Å². The number of amides is 1. The summed E-state index contributed by atoms with van der Waals surface area (Å²) in [6.07, 6.45) is 4.93. The molecule has 1 heterocycles. The highest BCUT2D eigenvalue weighted by Gasteiger charge is 2.10. The lowest BCUT2D eigenvalue weighted by molar-refractivity contribution is -0.117. The van der Waals surface area contributed by atoms with Crippen LogP contribution in [0.5, 0.6) is 5.75 Å². The van der Waals surface area contributed by atoms with E-state index in [2.05, 4.69) is 6.07 Å². The van der Waals surface area contributed by atoms with Crippen molar-refractivity contribution in [2.75, 3.05) is 6.61 Å². The summed E-state index contributed by atoms with van der Waals surface area (Å²) in [7, 11) is 0. The van der Waals surface area contributed by atoms with E-state index in [1.54, 1.807) is 6.08 Å². The van der Waals surface area contributed by atoms with E-state index in [4.69, 9.17) is 10.5 Å². The molecule has 0 atom stereocenters. The number of fused-ring (bicyclic) bond motifs is 1. The predicted octanol–water partition coefficient (Wildman–Crippen LogP) is 1.51. The Kier molecular flexibility index (Phi) is 2.72. The van der Waals surface area contributed by atoms with Gasteiger partial charge in [-0.05, 0) is 23.3 Å². The third-order valence-corrected chi connectivity index (χ3v) is 2.34. The third-order valence-electron chi connectivity index (χ3n) is 2.34. The molecule has 1 amide bonds. The highest BCUT2D eigenvalue weighted by Crippen LogP contribution is 2.26. The number of benzene rings is 1. The summed E-state index contributed by atoms with van der Waals surface area (Å²) >= 11 is 0.